The molecule has 15 heavy (non-hydrogen) atoms. The minimum absolute atomic E-state index is 0.900. The molecule has 1 nitrogen and oxygen atoms in total. The van der Waals surface area contributed by atoms with E-state index in [2.05, 4.69) is 52.0 Å². The first-order valence-electron chi connectivity index (χ1n) is 5.70. The van der Waals surface area contributed by atoms with E-state index in [4.69, 9.17) is 0 Å². The topological polar surface area (TPSA) is 3.24 Å². The van der Waals surface area contributed by atoms with Gasteiger partial charge < -0.3 is 4.90 Å². The summed E-state index contributed by atoms with van der Waals surface area (Å²) in [6.45, 7) is 4.78. The highest BCUT2D eigenvalue weighted by atomic mass is 79.9. The van der Waals surface area contributed by atoms with Gasteiger partial charge in [0.2, 0.25) is 0 Å². The van der Waals surface area contributed by atoms with Crippen molar-refractivity contribution in [1.82, 2.24) is 0 Å². The van der Waals surface area contributed by atoms with E-state index in [1.165, 1.54) is 37.2 Å². The van der Waals surface area contributed by atoms with Crippen LogP contribution in [0.1, 0.15) is 25.3 Å². The van der Waals surface area contributed by atoms with E-state index in [0.717, 1.165) is 11.2 Å². The molecule has 1 saturated heterocycles. The molecule has 1 aromatic carbocycles. The van der Waals surface area contributed by atoms with Gasteiger partial charge in [0.25, 0.3) is 0 Å². The van der Waals surface area contributed by atoms with Gasteiger partial charge in [-0.25, -0.2) is 0 Å². The van der Waals surface area contributed by atoms with Crippen molar-refractivity contribution in [2.75, 3.05) is 18.0 Å². The molecule has 0 aliphatic carbocycles. The number of piperidine rings is 1. The van der Waals surface area contributed by atoms with Crippen molar-refractivity contribution in [2.45, 2.75) is 25.1 Å². The van der Waals surface area contributed by atoms with E-state index in [1.807, 2.05) is 0 Å². The Morgan fingerprint density at radius 1 is 1.27 bits per heavy atom. The fraction of sp³-hybridized carbons (Fsp3) is 0.538. The smallest absolute Gasteiger partial charge is 0.0407 e. The lowest BCUT2D eigenvalue weighted by molar-refractivity contribution is 0.438. The lowest BCUT2D eigenvalue weighted by Crippen LogP contribution is -2.33. The minimum Gasteiger partial charge on any atom is -0.371 e. The Labute approximate surface area is 101 Å². The number of para-hydroxylation sites is 1. The number of halogens is 1. The van der Waals surface area contributed by atoms with Gasteiger partial charge in [-0.1, -0.05) is 41.1 Å². The highest BCUT2D eigenvalue weighted by Crippen LogP contribution is 2.27. The number of hydrogen-bond donors (Lipinski definition) is 0. The van der Waals surface area contributed by atoms with Crippen molar-refractivity contribution in [3.63, 3.8) is 0 Å². The summed E-state index contributed by atoms with van der Waals surface area (Å²) < 4.78 is 0. The molecule has 0 spiro atoms. The highest BCUT2D eigenvalue weighted by Gasteiger charge is 2.17. The zero-order valence-corrected chi connectivity index (χ0v) is 10.8. The fourth-order valence-electron chi connectivity index (χ4n) is 2.18. The Hall–Kier alpha value is -0.500. The standard InChI is InChI=1S/C13H18BrN/c1-11-6-8-15(9-7-11)13-5-3-2-4-12(13)10-14/h2-5,11H,6-10H2,1H3. The average molecular weight is 268 g/mol. The summed E-state index contributed by atoms with van der Waals surface area (Å²) in [5.74, 6) is 0.900. The summed E-state index contributed by atoms with van der Waals surface area (Å²) in [6, 6.07) is 8.71. The monoisotopic (exact) mass is 267 g/mol. The third-order valence-electron chi connectivity index (χ3n) is 3.26. The van der Waals surface area contributed by atoms with E-state index in [-0.39, 0.29) is 0 Å². The van der Waals surface area contributed by atoms with Gasteiger partial charge >= 0.3 is 0 Å². The van der Waals surface area contributed by atoms with Crippen LogP contribution in [0.2, 0.25) is 0 Å². The van der Waals surface area contributed by atoms with Crippen LogP contribution < -0.4 is 4.90 Å². The molecule has 0 N–H and O–H groups in total. The molecule has 0 amide bonds. The van der Waals surface area contributed by atoms with Crippen LogP contribution in [0.25, 0.3) is 0 Å². The van der Waals surface area contributed by atoms with Crippen LogP contribution in [0.3, 0.4) is 0 Å². The van der Waals surface area contributed by atoms with Crippen molar-refractivity contribution in [3.05, 3.63) is 29.8 Å². The second kappa shape index (κ2) is 5.02. The van der Waals surface area contributed by atoms with Crippen LogP contribution >= 0.6 is 15.9 Å². The van der Waals surface area contributed by atoms with Crippen molar-refractivity contribution in [2.24, 2.45) is 5.92 Å². The van der Waals surface area contributed by atoms with E-state index < -0.39 is 0 Å². The molecule has 1 fully saturated rings. The Bertz CT molecular complexity index is 316. The van der Waals surface area contributed by atoms with Gasteiger partial charge in [-0.05, 0) is 30.4 Å². The van der Waals surface area contributed by atoms with Crippen LogP contribution in [0, 0.1) is 5.92 Å². The van der Waals surface area contributed by atoms with E-state index >= 15 is 0 Å². The van der Waals surface area contributed by atoms with Crippen LogP contribution in [-0.4, -0.2) is 13.1 Å². The summed E-state index contributed by atoms with van der Waals surface area (Å²) in [5, 5.41) is 0.954. The molecule has 2 heteroatoms. The molecular formula is C13H18BrN. The molecule has 0 aromatic heterocycles. The molecular weight excluding hydrogens is 250 g/mol. The molecule has 82 valence electrons. The first-order chi connectivity index (χ1) is 7.31. The Balaban J connectivity index is 2.15. The molecule has 1 aliphatic heterocycles. The molecule has 1 heterocycles. The van der Waals surface area contributed by atoms with Crippen molar-refractivity contribution in [3.8, 4) is 0 Å². The van der Waals surface area contributed by atoms with E-state index in [0.29, 0.717) is 0 Å². The molecule has 0 radical (unpaired) electrons. The van der Waals surface area contributed by atoms with Gasteiger partial charge in [-0.3, -0.25) is 0 Å². The van der Waals surface area contributed by atoms with E-state index in [1.54, 1.807) is 0 Å². The average Bonchev–Trinajstić information content (AvgIpc) is 2.30. The van der Waals surface area contributed by atoms with Crippen LogP contribution in [-0.2, 0) is 5.33 Å². The lowest BCUT2D eigenvalue weighted by atomic mass is 9.98. The zero-order valence-electron chi connectivity index (χ0n) is 9.25. The van der Waals surface area contributed by atoms with Crippen molar-refractivity contribution >= 4 is 21.6 Å². The summed E-state index contributed by atoms with van der Waals surface area (Å²) in [7, 11) is 0. The van der Waals surface area contributed by atoms with Gasteiger partial charge in [0.1, 0.15) is 0 Å². The van der Waals surface area contributed by atoms with Gasteiger partial charge in [-0.15, -0.1) is 0 Å². The minimum atomic E-state index is 0.900. The summed E-state index contributed by atoms with van der Waals surface area (Å²) in [4.78, 5) is 2.52. The van der Waals surface area contributed by atoms with Crippen LogP contribution in [0.4, 0.5) is 5.69 Å². The zero-order chi connectivity index (χ0) is 10.7. The Morgan fingerprint density at radius 3 is 2.60 bits per heavy atom. The molecule has 0 bridgehead atoms. The Morgan fingerprint density at radius 2 is 1.93 bits per heavy atom. The van der Waals surface area contributed by atoms with Crippen molar-refractivity contribution in [1.29, 1.82) is 0 Å². The normalized spacial score (nSPS) is 18.1. The van der Waals surface area contributed by atoms with E-state index in [9.17, 15) is 0 Å². The third kappa shape index (κ3) is 2.54. The maximum absolute atomic E-state index is 3.56. The second-order valence-electron chi connectivity index (χ2n) is 4.43. The van der Waals surface area contributed by atoms with Crippen LogP contribution in [0.15, 0.2) is 24.3 Å². The quantitative estimate of drug-likeness (QED) is 0.737. The number of nitrogens with zero attached hydrogens (tertiary/aromatic N) is 1. The number of hydrogen-bond acceptors (Lipinski definition) is 1. The molecule has 1 aromatic rings. The molecule has 0 saturated carbocycles. The molecule has 0 unspecified atom stereocenters. The lowest BCUT2D eigenvalue weighted by Gasteiger charge is -2.33. The van der Waals surface area contributed by atoms with Crippen molar-refractivity contribution < 1.29 is 0 Å². The predicted molar refractivity (Wildman–Crippen MR) is 69.7 cm³/mol. The van der Waals surface area contributed by atoms with Gasteiger partial charge in [0.05, 0.1) is 0 Å². The fourth-order valence-corrected chi connectivity index (χ4v) is 2.66. The summed E-state index contributed by atoms with van der Waals surface area (Å²) in [5.41, 5.74) is 2.83. The SMILES string of the molecule is CC1CCN(c2ccccc2CBr)CC1. The highest BCUT2D eigenvalue weighted by molar-refractivity contribution is 9.08. The number of rotatable bonds is 2. The molecule has 0 atom stereocenters. The number of anilines is 1. The van der Waals surface area contributed by atoms with Gasteiger partial charge in [0, 0.05) is 24.1 Å². The maximum Gasteiger partial charge on any atom is 0.0407 e. The molecule has 1 aliphatic rings. The largest absolute Gasteiger partial charge is 0.371 e. The number of benzene rings is 1. The first-order valence-corrected chi connectivity index (χ1v) is 6.82. The van der Waals surface area contributed by atoms with Crippen LogP contribution in [0.5, 0.6) is 0 Å². The summed E-state index contributed by atoms with van der Waals surface area (Å²) >= 11 is 3.56. The summed E-state index contributed by atoms with van der Waals surface area (Å²) in [6.07, 6.45) is 2.66. The first kappa shape index (κ1) is 11.0. The predicted octanol–water partition coefficient (Wildman–Crippen LogP) is 3.82. The maximum atomic E-state index is 3.56. The van der Waals surface area contributed by atoms with Gasteiger partial charge in [-0.2, -0.15) is 0 Å². The second-order valence-corrected chi connectivity index (χ2v) is 4.99. The van der Waals surface area contributed by atoms with Gasteiger partial charge in [0.15, 0.2) is 0 Å². The number of alkyl halides is 1. The molecule has 2 rings (SSSR count). The third-order valence-corrected chi connectivity index (χ3v) is 3.86. The Kier molecular flexibility index (Phi) is 3.68.